The number of ether oxygens (including phenoxy) is 2. The molecule has 4 heteroatoms. The topological polar surface area (TPSA) is 41.9 Å². The highest BCUT2D eigenvalue weighted by Crippen LogP contribution is 2.44. The van der Waals surface area contributed by atoms with E-state index in [9.17, 15) is 5.11 Å². The van der Waals surface area contributed by atoms with Gasteiger partial charge in [0.25, 0.3) is 0 Å². The van der Waals surface area contributed by atoms with Crippen LogP contribution in [0.4, 0.5) is 0 Å². The Morgan fingerprint density at radius 2 is 2.08 bits per heavy atom. The molecule has 1 fully saturated rings. The standard InChI is InChI=1S/C20H31NO3/c1-20(2,3)11-14-12-21-7-6-13-8-18(23-4)19(24-5)9-15(13)16(21)10-17(14)22/h8-9,14,16-17,22H,6-7,10-12H2,1-5H3/i1D3,2D3,11D2,12D2. The van der Waals surface area contributed by atoms with Gasteiger partial charge in [0.15, 0.2) is 11.5 Å². The number of benzene rings is 1. The van der Waals surface area contributed by atoms with Crippen LogP contribution in [-0.4, -0.2) is 43.4 Å². The summed E-state index contributed by atoms with van der Waals surface area (Å²) in [5.74, 6) is -0.994. The number of piperidine rings is 1. The van der Waals surface area contributed by atoms with Crippen molar-refractivity contribution in [2.45, 2.75) is 52.0 Å². The van der Waals surface area contributed by atoms with E-state index in [4.69, 9.17) is 23.2 Å². The van der Waals surface area contributed by atoms with Crippen LogP contribution in [0.3, 0.4) is 0 Å². The van der Waals surface area contributed by atoms with Crippen molar-refractivity contribution in [3.8, 4) is 11.5 Å². The molecule has 0 radical (unpaired) electrons. The summed E-state index contributed by atoms with van der Waals surface area (Å²) in [6, 6.07) is 2.85. The average Bonchev–Trinajstić information content (AvgIpc) is 2.69. The first-order valence-electron chi connectivity index (χ1n) is 13.1. The second-order valence-electron chi connectivity index (χ2n) is 6.54. The quantitative estimate of drug-likeness (QED) is 0.913. The number of hydrogen-bond donors (Lipinski definition) is 1. The zero-order valence-electron chi connectivity index (χ0n) is 24.2. The van der Waals surface area contributed by atoms with Crippen molar-refractivity contribution in [2.24, 2.45) is 11.3 Å². The van der Waals surface area contributed by atoms with Crippen LogP contribution in [-0.2, 0) is 6.42 Å². The number of hydrogen-bond acceptors (Lipinski definition) is 4. The summed E-state index contributed by atoms with van der Waals surface area (Å²) in [5, 5.41) is 11.1. The van der Waals surface area contributed by atoms with E-state index in [1.165, 1.54) is 19.1 Å². The molecule has 3 unspecified atom stereocenters. The highest BCUT2D eigenvalue weighted by Gasteiger charge is 2.39. The van der Waals surface area contributed by atoms with E-state index in [0.29, 0.717) is 23.5 Å². The van der Waals surface area contributed by atoms with Crippen molar-refractivity contribution in [1.82, 2.24) is 4.90 Å². The fourth-order valence-corrected chi connectivity index (χ4v) is 3.51. The minimum atomic E-state index is -3.28. The number of fused-ring (bicyclic) bond motifs is 3. The molecule has 1 saturated heterocycles. The third-order valence-electron chi connectivity index (χ3n) is 4.60. The molecule has 1 aromatic carbocycles. The van der Waals surface area contributed by atoms with Gasteiger partial charge in [-0.25, -0.2) is 0 Å². The van der Waals surface area contributed by atoms with Crippen molar-refractivity contribution in [1.29, 1.82) is 0 Å². The molecule has 2 heterocycles. The molecule has 0 amide bonds. The molecular weight excluding hydrogens is 302 g/mol. The van der Waals surface area contributed by atoms with Gasteiger partial charge in [-0.3, -0.25) is 4.90 Å². The van der Waals surface area contributed by atoms with Crippen LogP contribution in [0.1, 0.15) is 64.3 Å². The minimum Gasteiger partial charge on any atom is -0.493 e. The molecule has 2 aliphatic rings. The second-order valence-corrected chi connectivity index (χ2v) is 6.54. The molecule has 3 rings (SSSR count). The van der Waals surface area contributed by atoms with Gasteiger partial charge >= 0.3 is 0 Å². The van der Waals surface area contributed by atoms with Crippen LogP contribution in [0.2, 0.25) is 0 Å². The summed E-state index contributed by atoms with van der Waals surface area (Å²) in [6.07, 6.45) is -4.47. The highest BCUT2D eigenvalue weighted by molar-refractivity contribution is 5.49. The van der Waals surface area contributed by atoms with Crippen molar-refractivity contribution < 1.29 is 28.3 Å². The normalized spacial score (nSPS) is 37.2. The van der Waals surface area contributed by atoms with Crippen molar-refractivity contribution in [3.05, 3.63) is 23.3 Å². The Labute approximate surface area is 159 Å². The smallest absolute Gasteiger partial charge is 0.161 e. The first kappa shape index (κ1) is 8.91. The van der Waals surface area contributed by atoms with Gasteiger partial charge in [-0.1, -0.05) is 20.6 Å². The lowest BCUT2D eigenvalue weighted by Gasteiger charge is -2.47. The van der Waals surface area contributed by atoms with Crippen LogP contribution in [0, 0.1) is 11.3 Å². The molecule has 0 bridgehead atoms. The molecule has 134 valence electrons. The molecule has 2 aliphatic heterocycles. The Balaban J connectivity index is 2.12. The second kappa shape index (κ2) is 6.57. The molecular formula is C20H31NO3. The van der Waals surface area contributed by atoms with Crippen LogP contribution >= 0.6 is 0 Å². The summed E-state index contributed by atoms with van der Waals surface area (Å²) in [6.45, 7) is -8.16. The molecule has 3 atom stereocenters. The van der Waals surface area contributed by atoms with Crippen LogP contribution in [0.5, 0.6) is 11.5 Å². The van der Waals surface area contributed by atoms with E-state index in [2.05, 4.69) is 0 Å². The van der Waals surface area contributed by atoms with Crippen molar-refractivity contribution in [3.63, 3.8) is 0 Å². The fraction of sp³-hybridized carbons (Fsp3) is 0.700. The lowest BCUT2D eigenvalue weighted by molar-refractivity contribution is -0.0259. The summed E-state index contributed by atoms with van der Waals surface area (Å²) in [4.78, 5) is 1.40. The van der Waals surface area contributed by atoms with E-state index in [1.807, 2.05) is 0 Å². The van der Waals surface area contributed by atoms with Crippen molar-refractivity contribution >= 4 is 0 Å². The molecule has 0 aliphatic carbocycles. The lowest BCUT2D eigenvalue weighted by Crippen LogP contribution is -2.48. The maximum atomic E-state index is 11.1. The van der Waals surface area contributed by atoms with Gasteiger partial charge in [-0.2, -0.15) is 0 Å². The third kappa shape index (κ3) is 3.40. The van der Waals surface area contributed by atoms with Gasteiger partial charge in [0.1, 0.15) is 0 Å². The van der Waals surface area contributed by atoms with Crippen LogP contribution in [0.25, 0.3) is 0 Å². The van der Waals surface area contributed by atoms with E-state index in [0.717, 1.165) is 12.5 Å². The van der Waals surface area contributed by atoms with Crippen LogP contribution in [0.15, 0.2) is 12.1 Å². The molecule has 24 heavy (non-hydrogen) atoms. The molecule has 4 nitrogen and oxygen atoms in total. The largest absolute Gasteiger partial charge is 0.493 e. The summed E-state index contributed by atoms with van der Waals surface area (Å²) >= 11 is 0. The summed E-state index contributed by atoms with van der Waals surface area (Å²) in [7, 11) is 2.97. The maximum absolute atomic E-state index is 11.1. The minimum absolute atomic E-state index is 0.107. The molecule has 1 N–H and O–H groups in total. The Morgan fingerprint density at radius 1 is 1.38 bits per heavy atom. The van der Waals surface area contributed by atoms with Crippen molar-refractivity contribution in [2.75, 3.05) is 27.3 Å². The van der Waals surface area contributed by atoms with Gasteiger partial charge in [0.2, 0.25) is 0 Å². The third-order valence-corrected chi connectivity index (χ3v) is 4.60. The van der Waals surface area contributed by atoms with Gasteiger partial charge in [0.05, 0.1) is 20.3 Å². The molecule has 1 aromatic rings. The van der Waals surface area contributed by atoms with Gasteiger partial charge in [-0.15, -0.1) is 0 Å². The Morgan fingerprint density at radius 3 is 2.75 bits per heavy atom. The predicted molar refractivity (Wildman–Crippen MR) is 95.7 cm³/mol. The number of rotatable bonds is 3. The van der Waals surface area contributed by atoms with Crippen LogP contribution < -0.4 is 9.47 Å². The Bertz CT molecular complexity index is 916. The molecule has 0 spiro atoms. The Kier molecular flexibility index (Phi) is 2.44. The number of aliphatic hydroxyl groups is 1. The van der Waals surface area contributed by atoms with Gasteiger partial charge < -0.3 is 14.6 Å². The first-order chi connectivity index (χ1) is 15.4. The van der Waals surface area contributed by atoms with E-state index < -0.39 is 50.1 Å². The average molecular weight is 344 g/mol. The number of aliphatic hydroxyl groups excluding tert-OH is 1. The van der Waals surface area contributed by atoms with E-state index in [-0.39, 0.29) is 13.0 Å². The fourth-order valence-electron chi connectivity index (χ4n) is 3.51. The maximum Gasteiger partial charge on any atom is 0.161 e. The SMILES string of the molecule is [2H]C1([2H])C(C([2H])([2H])C(C)(C([2H])([2H])[2H])C([2H])([2H])[2H])C(O)CC2c3cc(OC)c(OC)cc3CCN21. The monoisotopic (exact) mass is 343 g/mol. The zero-order chi connectivity index (χ0) is 26.1. The molecule has 0 saturated carbocycles. The van der Waals surface area contributed by atoms with Gasteiger partial charge in [-0.05, 0) is 53.8 Å². The van der Waals surface area contributed by atoms with Gasteiger partial charge in [0, 0.05) is 32.8 Å². The Hall–Kier alpha value is -1.26. The van der Waals surface area contributed by atoms with E-state index in [1.54, 1.807) is 12.1 Å². The van der Waals surface area contributed by atoms with E-state index >= 15 is 0 Å². The first-order valence-corrected chi connectivity index (χ1v) is 8.06. The highest BCUT2D eigenvalue weighted by atomic mass is 16.5. The number of methoxy groups -OCH3 is 2. The lowest BCUT2D eigenvalue weighted by atomic mass is 9.75. The molecule has 0 aromatic heterocycles. The zero-order valence-corrected chi connectivity index (χ0v) is 14.2. The summed E-state index contributed by atoms with van der Waals surface area (Å²) < 4.78 is 93.1. The summed E-state index contributed by atoms with van der Waals surface area (Å²) in [5.41, 5.74) is -1.36. The number of nitrogens with zero attached hydrogens (tertiary/aromatic N) is 1. The predicted octanol–water partition coefficient (Wildman–Crippen LogP) is 3.42.